The van der Waals surface area contributed by atoms with E-state index in [0.717, 1.165) is 34.9 Å². The predicted octanol–water partition coefficient (Wildman–Crippen LogP) is 16.0. The van der Waals surface area contributed by atoms with Crippen LogP contribution in [0.5, 0.6) is 34.5 Å². The van der Waals surface area contributed by atoms with Crippen molar-refractivity contribution in [2.45, 2.75) is 183 Å². The summed E-state index contributed by atoms with van der Waals surface area (Å²) in [6, 6.07) is 55.3. The maximum Gasteiger partial charge on any atom is 0.297 e. The number of ketones is 6. The van der Waals surface area contributed by atoms with Gasteiger partial charge in [0.15, 0.2) is 40.5 Å². The van der Waals surface area contributed by atoms with Gasteiger partial charge in [0.1, 0.15) is 143 Å². The quantitative estimate of drug-likeness (QED) is 0.0213. The smallest absolute Gasteiger partial charge is 0.297 e. The van der Waals surface area contributed by atoms with Crippen molar-refractivity contribution in [1.29, 1.82) is 0 Å². The van der Waals surface area contributed by atoms with Crippen LogP contribution >= 0.6 is 146 Å². The first-order chi connectivity index (χ1) is 63.4. The maximum atomic E-state index is 13.2. The van der Waals surface area contributed by atoms with Crippen LogP contribution in [0.15, 0.2) is 228 Å². The number of hydrogen-bond donors (Lipinski definition) is 6. The molecule has 0 aliphatic carbocycles. The Labute approximate surface area is 913 Å². The number of aliphatic hydroxyl groups excluding tert-OH is 4. The van der Waals surface area contributed by atoms with Crippen molar-refractivity contribution in [3.05, 3.63) is 309 Å². The summed E-state index contributed by atoms with van der Waals surface area (Å²) in [6.07, 6.45) is -6.11. The zero-order valence-corrected chi connectivity index (χ0v) is 89.4. The molecular weight excluding hydrogens is 2150 g/mol. The second kappa shape index (κ2) is 63.1. The molecule has 0 unspecified atom stereocenters. The van der Waals surface area contributed by atoms with Crippen molar-refractivity contribution in [3.63, 3.8) is 0 Å². The molecule has 0 amide bonds. The molecule has 19 rings (SSSR count). The molecule has 800 valence electrons. The van der Waals surface area contributed by atoms with Gasteiger partial charge in [0, 0.05) is 30.3 Å². The largest absolute Gasteiger partial charge is 0.486 e. The molecule has 0 saturated carbocycles. The minimum Gasteiger partial charge on any atom is -0.486 e. The number of epoxide rings is 2. The van der Waals surface area contributed by atoms with Gasteiger partial charge in [0.25, 0.3) is 19.2 Å². The molecule has 27 nitrogen and oxygen atoms in total. The van der Waals surface area contributed by atoms with Crippen LogP contribution in [0.3, 0.4) is 0 Å². The average molecular weight is 2280 g/mol. The maximum absolute atomic E-state index is 13.2. The lowest BCUT2D eigenvalue weighted by Gasteiger charge is -2.29. The number of carbonyl (C=O) groups excluding carboxylic acids is 6. The highest BCUT2D eigenvalue weighted by Crippen LogP contribution is 2.39. The highest BCUT2D eigenvalue weighted by molar-refractivity contribution is 8.13. The number of fused-ring (bicyclic) bond motifs is 6. The first kappa shape index (κ1) is 137. The van der Waals surface area contributed by atoms with Crippen LogP contribution in [0.1, 0.15) is 152 Å². The lowest BCUT2D eigenvalue weighted by Crippen LogP contribution is -2.42. The minimum absolute atomic E-state index is 0. The van der Waals surface area contributed by atoms with Crippen LogP contribution in [0, 0.1) is 48.8 Å². The molecule has 7 N–H and O–H groups in total. The molecule has 9 heterocycles. The first-order valence-electron chi connectivity index (χ1n) is 42.0. The Morgan fingerprint density at radius 1 is 0.393 bits per heavy atom. The van der Waals surface area contributed by atoms with E-state index in [9.17, 15) is 87.3 Å². The monoisotopic (exact) mass is 2270 g/mol. The molecule has 145 heavy (non-hydrogen) atoms. The normalized spacial score (nSPS) is 19.5. The lowest BCUT2D eigenvalue weighted by molar-refractivity contribution is -0.149. The van der Waals surface area contributed by atoms with E-state index in [1.165, 1.54) is 121 Å². The number of ether oxygens (including phenoxy) is 10. The van der Waals surface area contributed by atoms with Crippen molar-refractivity contribution in [2.24, 2.45) is 5.73 Å². The number of carbonyl (C=O) groups is 6. The molecule has 10 aromatic rings. The van der Waals surface area contributed by atoms with E-state index >= 15 is 0 Å². The number of benzene rings is 10. The van der Waals surface area contributed by atoms with Crippen molar-refractivity contribution < 1.29 is 144 Å². The van der Waals surface area contributed by atoms with E-state index < -0.39 is 115 Å². The fourth-order valence-electron chi connectivity index (χ4n) is 14.2. The average Bonchev–Trinajstić information content (AvgIpc) is 1.55. The molecule has 0 aromatic heterocycles. The highest BCUT2D eigenvalue weighted by atomic mass is 35.7. The Morgan fingerprint density at radius 2 is 0.683 bits per heavy atom. The summed E-state index contributed by atoms with van der Waals surface area (Å²) in [5.41, 5.74) is 11.1. The topological polar surface area (TPSA) is 398 Å². The number of aliphatic hydroxyl groups is 4. The highest BCUT2D eigenvalue weighted by Gasteiger charge is 2.44. The third-order valence-corrected chi connectivity index (χ3v) is 24.2. The van der Waals surface area contributed by atoms with E-state index in [0.29, 0.717) is 79.1 Å². The second-order valence-electron chi connectivity index (χ2n) is 32.1. The Bertz CT molecular complexity index is 5990. The summed E-state index contributed by atoms with van der Waals surface area (Å²) in [5, 5.41) is 41.7. The van der Waals surface area contributed by atoms with Crippen molar-refractivity contribution >= 4 is 200 Å². The number of aryl methyl sites for hydroxylation is 2. The summed E-state index contributed by atoms with van der Waals surface area (Å²) < 4.78 is 183. The van der Waals surface area contributed by atoms with Crippen LogP contribution < -0.4 is 39.5 Å². The number of hydrogen-bond acceptors (Lipinski definition) is 27. The van der Waals surface area contributed by atoms with Crippen LogP contribution in [-0.4, -0.2) is 191 Å². The second-order valence-corrected chi connectivity index (χ2v) is 36.3. The summed E-state index contributed by atoms with van der Waals surface area (Å²) in [4.78, 5) is 71.3. The Kier molecular flexibility index (Phi) is 59.6. The summed E-state index contributed by atoms with van der Waals surface area (Å²) in [7, 11) is -2.50. The molecule has 0 spiro atoms. The molecule has 0 bridgehead atoms. The molecular formula is C99H123ClF6N2O25S12. The standard InChI is InChI=1S/C18H18FNO3.C18H17FO6S.C14H15FO4.C11H11FO4.2C11H9FO3.C7H7ClO2S.C7H9N.2CH4.10H2S/c19-13-6-7-17-14(8-13)15(21)9-18(23-17)16(22)11-20-10-12-4-2-1-3-5-12;1-11-2-5-13(6-3-11)26(22,23)24-10-16(21)18-9-15(20)14-8-12(19)4-7-17(14)25-18;1-14(2)17-7-13(19-14)12-6-10(16)9-5-8(15)3-4-11(9)18-12;12-6-1-2-10-7(3-6)8(14)4-11(16-10)9(15)5-13;2*12-6-1-2-9-7(3-6)8(13)4-10(15-9)11-5-14-11;1-6-2-4-7(5-3-6)11(8,9)10;8-6-7-4-2-1-3-5-7;;;;;;;;;;;;/h1-8,16,18,20,22H,9-11H2;2-8,16,18,21H,9-10H2,1H3;3-5,12-13H,6-7H2,1-2H3;1-3,9,11,13,15H,4-5H2;2*1-3,10-11H,4-5H2;2-5H,1H3;1-5H,6,8H2;2*1H4;10*1H2/t2*16-,18-;12-,13-;9-,11-;10-,11+;10-,11-;;;;;;;;;;;;;;/m000010............../s1. The third kappa shape index (κ3) is 39.9. The van der Waals surface area contributed by atoms with Gasteiger partial charge in [-0.2, -0.15) is 143 Å². The van der Waals surface area contributed by atoms with Crippen molar-refractivity contribution in [3.8, 4) is 34.5 Å². The number of nitrogens with one attached hydrogen (secondary N) is 1. The Morgan fingerprint density at radius 3 is 0.972 bits per heavy atom. The Balaban J connectivity index is 0.00000164. The van der Waals surface area contributed by atoms with Gasteiger partial charge in [-0.1, -0.05) is 111 Å². The summed E-state index contributed by atoms with van der Waals surface area (Å²) in [6.45, 7) is 9.56. The summed E-state index contributed by atoms with van der Waals surface area (Å²) in [5.74, 6) is -2.54. The van der Waals surface area contributed by atoms with E-state index in [-0.39, 0.29) is 292 Å². The number of halogens is 7. The van der Waals surface area contributed by atoms with Gasteiger partial charge in [0.2, 0.25) is 0 Å². The van der Waals surface area contributed by atoms with E-state index in [2.05, 4.69) is 5.32 Å². The van der Waals surface area contributed by atoms with Crippen LogP contribution in [0.4, 0.5) is 26.3 Å². The van der Waals surface area contributed by atoms with Gasteiger partial charge in [-0.25, -0.2) is 34.8 Å². The predicted molar refractivity (Wildman–Crippen MR) is 586 cm³/mol. The molecule has 12 atom stereocenters. The van der Waals surface area contributed by atoms with Gasteiger partial charge in [-0.15, -0.1) is 0 Å². The third-order valence-electron chi connectivity index (χ3n) is 21.5. The molecule has 0 radical (unpaired) electrons. The van der Waals surface area contributed by atoms with Gasteiger partial charge < -0.3 is 78.8 Å². The molecule has 46 heteroatoms. The Hall–Kier alpha value is -8.15. The molecule has 3 fully saturated rings. The molecule has 9 aliphatic rings. The van der Waals surface area contributed by atoms with Crippen molar-refractivity contribution in [1.82, 2.24) is 5.32 Å². The molecule has 9 aliphatic heterocycles. The van der Waals surface area contributed by atoms with Crippen LogP contribution in [0.25, 0.3) is 0 Å². The van der Waals surface area contributed by atoms with Crippen LogP contribution in [-0.2, 0) is 55.4 Å². The van der Waals surface area contributed by atoms with Gasteiger partial charge >= 0.3 is 0 Å². The number of rotatable bonds is 17. The minimum atomic E-state index is -4.04. The number of Topliss-reactive ketones (excluding diaryl/α,β-unsaturated/α-hetero) is 6. The van der Waals surface area contributed by atoms with E-state index in [4.69, 9.17) is 73.1 Å². The number of nitrogens with two attached hydrogens (primary N) is 1. The van der Waals surface area contributed by atoms with Gasteiger partial charge in [0.05, 0.1) is 115 Å². The molecule has 3 saturated heterocycles. The van der Waals surface area contributed by atoms with Crippen molar-refractivity contribution in [2.75, 3.05) is 39.6 Å². The van der Waals surface area contributed by atoms with Gasteiger partial charge in [-0.3, -0.25) is 33.0 Å². The van der Waals surface area contributed by atoms with Gasteiger partial charge in [-0.05, 0) is 172 Å². The van der Waals surface area contributed by atoms with E-state index in [1.807, 2.05) is 88.4 Å². The zero-order valence-electron chi connectivity index (χ0n) is 77.0. The van der Waals surface area contributed by atoms with E-state index in [1.54, 1.807) is 24.3 Å². The fourth-order valence-corrected chi connectivity index (χ4v) is 15.9. The SMILES string of the molecule is C.C.CC1(C)OC[C@@H]([C@@H]2CC(=O)c3cc(F)ccc3O2)O1.Cc1ccc(S(=O)(=O)Cl)cc1.Cc1ccc(S(=O)(=O)OC[C@H](O)[C@@H]2CC(=O)c3cc(F)ccc3O2)cc1.NCc1ccccc1.O=C1C[C@@H]([C@@H](O)CNCc2ccccc2)Oc2ccc(F)cc21.O=C1C[C@@H]([C@@H](O)CO)Oc2ccc(F)cc21.O=C1C[C@@H]([C@@H]2CO2)Oc2ccc(F)cc21.O=C1C[C@H]([C@@H]2CO2)Oc2ccc(F)cc21.S.S.S.S.S.S.S.S.S.S. The fraction of sp³-hybridized carbons (Fsp3) is 0.333. The lowest BCUT2D eigenvalue weighted by atomic mass is 9.97. The van der Waals surface area contributed by atoms with Crippen LogP contribution in [0.2, 0.25) is 0 Å². The summed E-state index contributed by atoms with van der Waals surface area (Å²) >= 11 is 0. The molecule has 10 aromatic carbocycles. The first-order valence-corrected chi connectivity index (χ1v) is 45.7. The zero-order chi connectivity index (χ0) is 95.6.